The van der Waals surface area contributed by atoms with E-state index in [4.69, 9.17) is 5.26 Å². The van der Waals surface area contributed by atoms with Crippen LogP contribution in [-0.4, -0.2) is 0 Å². The van der Waals surface area contributed by atoms with Crippen LogP contribution >= 0.6 is 0 Å². The van der Waals surface area contributed by atoms with Crippen molar-refractivity contribution >= 4 is 0 Å². The number of benzene rings is 1. The molecule has 1 radical (unpaired) electrons. The lowest BCUT2D eigenvalue weighted by atomic mass is 10.1. The molecule has 14 heavy (non-hydrogen) atoms. The van der Waals surface area contributed by atoms with E-state index in [1.165, 1.54) is 0 Å². The topological polar surface area (TPSA) is 23.8 Å². The first-order chi connectivity index (χ1) is 6.49. The SMILES string of the molecule is N#C[C](F)c1cc(F)c(F)c(F)c1F. The fraction of sp³-hybridized carbons (Fsp3) is 0. The first kappa shape index (κ1) is 10.4. The first-order valence-corrected chi connectivity index (χ1v) is 3.25. The van der Waals surface area contributed by atoms with Crippen LogP contribution in [0.15, 0.2) is 6.07 Å². The molecule has 6 heteroatoms. The molecule has 0 amide bonds. The standard InChI is InChI=1S/C8HF5N/c9-4-1-3(5(10)2-14)6(11)8(13)7(4)12/h1H. The van der Waals surface area contributed by atoms with Gasteiger partial charge in [-0.15, -0.1) is 0 Å². The van der Waals surface area contributed by atoms with Gasteiger partial charge in [-0.05, 0) is 6.07 Å². The molecule has 0 atom stereocenters. The summed E-state index contributed by atoms with van der Waals surface area (Å²) in [5, 5.41) is 8.00. The van der Waals surface area contributed by atoms with Gasteiger partial charge in [0.15, 0.2) is 23.3 Å². The Hall–Kier alpha value is -1.64. The second-order valence-corrected chi connectivity index (χ2v) is 2.27. The van der Waals surface area contributed by atoms with Crippen LogP contribution in [-0.2, 0) is 0 Å². The van der Waals surface area contributed by atoms with E-state index in [1.54, 1.807) is 0 Å². The second kappa shape index (κ2) is 3.62. The van der Waals surface area contributed by atoms with E-state index in [2.05, 4.69) is 0 Å². The van der Waals surface area contributed by atoms with Crippen molar-refractivity contribution in [2.75, 3.05) is 0 Å². The molecule has 73 valence electrons. The van der Waals surface area contributed by atoms with Crippen molar-refractivity contribution < 1.29 is 22.0 Å². The molecule has 0 saturated carbocycles. The third kappa shape index (κ3) is 1.53. The zero-order valence-electron chi connectivity index (χ0n) is 6.41. The Morgan fingerprint density at radius 1 is 1.07 bits per heavy atom. The minimum absolute atomic E-state index is 0.0757. The highest BCUT2D eigenvalue weighted by Crippen LogP contribution is 2.24. The maximum absolute atomic E-state index is 12.7. The van der Waals surface area contributed by atoms with Crippen molar-refractivity contribution in [3.8, 4) is 6.07 Å². The zero-order valence-corrected chi connectivity index (χ0v) is 6.41. The van der Waals surface area contributed by atoms with Crippen molar-refractivity contribution in [1.29, 1.82) is 5.26 Å². The normalized spacial score (nSPS) is 10.4. The van der Waals surface area contributed by atoms with Gasteiger partial charge in [0.25, 0.3) is 6.17 Å². The summed E-state index contributed by atoms with van der Waals surface area (Å²) in [6, 6.07) is 0.926. The van der Waals surface area contributed by atoms with Crippen molar-refractivity contribution in [3.63, 3.8) is 0 Å². The highest BCUT2D eigenvalue weighted by atomic mass is 19.2. The van der Waals surface area contributed by atoms with E-state index in [1.807, 2.05) is 0 Å². The molecular weight excluding hydrogens is 205 g/mol. The number of nitriles is 1. The van der Waals surface area contributed by atoms with Gasteiger partial charge in [0, 0.05) is 0 Å². The summed E-state index contributed by atoms with van der Waals surface area (Å²) >= 11 is 0. The molecule has 1 rings (SSSR count). The zero-order chi connectivity index (χ0) is 10.9. The summed E-state index contributed by atoms with van der Waals surface area (Å²) in [6.45, 7) is 0. The van der Waals surface area contributed by atoms with Crippen LogP contribution in [0, 0.1) is 40.8 Å². The van der Waals surface area contributed by atoms with Gasteiger partial charge in [-0.25, -0.2) is 22.0 Å². The van der Waals surface area contributed by atoms with E-state index in [0.29, 0.717) is 0 Å². The molecule has 0 fully saturated rings. The van der Waals surface area contributed by atoms with Gasteiger partial charge in [-0.1, -0.05) is 0 Å². The molecule has 0 aliphatic heterocycles. The van der Waals surface area contributed by atoms with Gasteiger partial charge in [-0.2, -0.15) is 5.26 Å². The minimum Gasteiger partial charge on any atom is -0.217 e. The molecule has 0 unspecified atom stereocenters. The molecule has 0 heterocycles. The van der Waals surface area contributed by atoms with E-state index in [9.17, 15) is 22.0 Å². The van der Waals surface area contributed by atoms with Gasteiger partial charge >= 0.3 is 0 Å². The van der Waals surface area contributed by atoms with Crippen LogP contribution in [0.5, 0.6) is 0 Å². The minimum atomic E-state index is -2.15. The van der Waals surface area contributed by atoms with Crippen LogP contribution in [0.1, 0.15) is 5.56 Å². The summed E-state index contributed by atoms with van der Waals surface area (Å²) in [4.78, 5) is 0. The lowest BCUT2D eigenvalue weighted by Gasteiger charge is -2.03. The molecule has 0 spiro atoms. The quantitative estimate of drug-likeness (QED) is 0.393. The van der Waals surface area contributed by atoms with Gasteiger partial charge in [-0.3, -0.25) is 0 Å². The summed E-state index contributed by atoms with van der Waals surface area (Å²) in [6.07, 6.45) is -1.72. The van der Waals surface area contributed by atoms with Crippen molar-refractivity contribution in [2.24, 2.45) is 0 Å². The van der Waals surface area contributed by atoms with Gasteiger partial charge in [0.2, 0.25) is 0 Å². The highest BCUT2D eigenvalue weighted by Gasteiger charge is 2.24. The summed E-state index contributed by atoms with van der Waals surface area (Å²) in [7, 11) is 0. The van der Waals surface area contributed by atoms with Crippen molar-refractivity contribution in [2.45, 2.75) is 0 Å². The Morgan fingerprint density at radius 2 is 1.64 bits per heavy atom. The number of rotatable bonds is 1. The maximum Gasteiger partial charge on any atom is 0.275 e. The molecule has 0 aromatic heterocycles. The average Bonchev–Trinajstić information content (AvgIpc) is 2.19. The van der Waals surface area contributed by atoms with Gasteiger partial charge < -0.3 is 0 Å². The third-order valence-electron chi connectivity index (χ3n) is 1.44. The predicted octanol–water partition coefficient (Wildman–Crippen LogP) is 2.62. The Labute approximate surface area is 75.4 Å². The molecule has 0 aliphatic rings. The Balaban J connectivity index is 3.42. The van der Waals surface area contributed by atoms with Crippen LogP contribution < -0.4 is 0 Å². The summed E-state index contributed by atoms with van der Waals surface area (Å²) in [5.74, 6) is -7.88. The third-order valence-corrected chi connectivity index (χ3v) is 1.44. The Kier molecular flexibility index (Phi) is 2.70. The van der Waals surface area contributed by atoms with Crippen LogP contribution in [0.4, 0.5) is 22.0 Å². The second-order valence-electron chi connectivity index (χ2n) is 2.27. The number of nitrogens with zero attached hydrogens (tertiary/aromatic N) is 1. The van der Waals surface area contributed by atoms with Crippen molar-refractivity contribution in [1.82, 2.24) is 0 Å². The van der Waals surface area contributed by atoms with E-state index in [0.717, 1.165) is 6.07 Å². The molecule has 0 bridgehead atoms. The molecule has 1 nitrogen and oxygen atoms in total. The maximum atomic E-state index is 12.7. The number of halogens is 5. The number of hydrogen-bond donors (Lipinski definition) is 0. The van der Waals surface area contributed by atoms with Crippen molar-refractivity contribution in [3.05, 3.63) is 41.1 Å². The predicted molar refractivity (Wildman–Crippen MR) is 35.3 cm³/mol. The molecule has 0 N–H and O–H groups in total. The van der Waals surface area contributed by atoms with E-state index >= 15 is 0 Å². The fourth-order valence-corrected chi connectivity index (χ4v) is 0.793. The molecule has 1 aromatic carbocycles. The summed E-state index contributed by atoms with van der Waals surface area (Å²) < 4.78 is 62.4. The lowest BCUT2D eigenvalue weighted by molar-refractivity contribution is 0.400. The first-order valence-electron chi connectivity index (χ1n) is 3.25. The van der Waals surface area contributed by atoms with Crippen LogP contribution in [0.2, 0.25) is 0 Å². The van der Waals surface area contributed by atoms with Gasteiger partial charge in [0.05, 0.1) is 5.56 Å². The average molecular weight is 206 g/mol. The highest BCUT2D eigenvalue weighted by molar-refractivity contribution is 5.36. The van der Waals surface area contributed by atoms with Crippen LogP contribution in [0.3, 0.4) is 0 Å². The smallest absolute Gasteiger partial charge is 0.217 e. The monoisotopic (exact) mass is 206 g/mol. The lowest BCUT2D eigenvalue weighted by Crippen LogP contribution is -2.03. The molecule has 1 aromatic rings. The van der Waals surface area contributed by atoms with E-state index in [-0.39, 0.29) is 6.07 Å². The molecule has 0 aliphatic carbocycles. The van der Waals surface area contributed by atoms with Gasteiger partial charge in [0.1, 0.15) is 6.07 Å². The summed E-state index contributed by atoms with van der Waals surface area (Å²) in [5.41, 5.74) is -1.23. The largest absolute Gasteiger partial charge is 0.275 e. The fourth-order valence-electron chi connectivity index (χ4n) is 0.793. The molecule has 0 saturated heterocycles. The Morgan fingerprint density at radius 3 is 2.14 bits per heavy atom. The van der Waals surface area contributed by atoms with Crippen LogP contribution in [0.25, 0.3) is 0 Å². The number of hydrogen-bond acceptors (Lipinski definition) is 1. The molecular formula is C8HF5N. The van der Waals surface area contributed by atoms with E-state index < -0.39 is 35.0 Å². The Bertz CT molecular complexity index is 409.